The molecule has 4 rings (SSSR count). The van der Waals surface area contributed by atoms with E-state index in [1.54, 1.807) is 48.5 Å². The quantitative estimate of drug-likeness (QED) is 0.350. The highest BCUT2D eigenvalue weighted by Gasteiger charge is 2.47. The Morgan fingerprint density at radius 3 is 2.29 bits per heavy atom. The highest BCUT2D eigenvalue weighted by molar-refractivity contribution is 6.51. The van der Waals surface area contributed by atoms with Crippen molar-refractivity contribution in [3.63, 3.8) is 0 Å². The zero-order valence-corrected chi connectivity index (χ0v) is 17.1. The van der Waals surface area contributed by atoms with Crippen molar-refractivity contribution >= 4 is 34.7 Å². The van der Waals surface area contributed by atoms with Crippen LogP contribution in [0.5, 0.6) is 5.75 Å². The zero-order chi connectivity index (χ0) is 22.1. The van der Waals surface area contributed by atoms with Crippen LogP contribution < -0.4 is 9.64 Å². The Morgan fingerprint density at radius 1 is 1.00 bits per heavy atom. The summed E-state index contributed by atoms with van der Waals surface area (Å²) in [6.45, 7) is 0. The Balaban J connectivity index is 1.97. The standard InChI is InChI=1S/C24H17ClFNO4/c1-31-19-5-3-2-4-18(19)21-20(22(28)14-6-8-15(25)9-7-14)23(29)24(30)27(21)17-12-10-16(26)11-13-17/h2-13,21,28H,1H3/b22-20-. The van der Waals surface area contributed by atoms with Crippen molar-refractivity contribution in [2.45, 2.75) is 6.04 Å². The van der Waals surface area contributed by atoms with Crippen LogP contribution in [0.4, 0.5) is 10.1 Å². The number of carbonyl (C=O) groups excluding carboxylic acids is 2. The maximum Gasteiger partial charge on any atom is 0.300 e. The number of aliphatic hydroxyl groups excluding tert-OH is 1. The van der Waals surface area contributed by atoms with Crippen LogP contribution in [0.3, 0.4) is 0 Å². The van der Waals surface area contributed by atoms with Gasteiger partial charge in [0.2, 0.25) is 0 Å². The monoisotopic (exact) mass is 437 g/mol. The van der Waals surface area contributed by atoms with Crippen LogP contribution >= 0.6 is 11.6 Å². The Bertz CT molecular complexity index is 1190. The van der Waals surface area contributed by atoms with E-state index in [9.17, 15) is 19.1 Å². The molecule has 31 heavy (non-hydrogen) atoms. The Kier molecular flexibility index (Phi) is 5.48. The van der Waals surface area contributed by atoms with Crippen molar-refractivity contribution < 1.29 is 23.8 Å². The Morgan fingerprint density at radius 2 is 1.65 bits per heavy atom. The molecule has 3 aromatic carbocycles. The van der Waals surface area contributed by atoms with E-state index in [4.69, 9.17) is 16.3 Å². The minimum absolute atomic E-state index is 0.0962. The molecular weight excluding hydrogens is 421 g/mol. The number of hydrogen-bond acceptors (Lipinski definition) is 4. The topological polar surface area (TPSA) is 66.8 Å². The number of ether oxygens (including phenoxy) is 1. The van der Waals surface area contributed by atoms with E-state index in [2.05, 4.69) is 0 Å². The first-order valence-electron chi connectivity index (χ1n) is 9.38. The predicted octanol–water partition coefficient (Wildman–Crippen LogP) is 5.11. The lowest BCUT2D eigenvalue weighted by molar-refractivity contribution is -0.132. The third-order valence-corrected chi connectivity index (χ3v) is 5.35. The van der Waals surface area contributed by atoms with Gasteiger partial charge in [-0.15, -0.1) is 0 Å². The van der Waals surface area contributed by atoms with Gasteiger partial charge in [-0.1, -0.05) is 29.8 Å². The number of Topliss-reactive ketones (excluding diaryl/α,β-unsaturated/α-hetero) is 1. The largest absolute Gasteiger partial charge is 0.507 e. The van der Waals surface area contributed by atoms with Gasteiger partial charge in [0.25, 0.3) is 11.7 Å². The van der Waals surface area contributed by atoms with Crippen LogP contribution in [-0.4, -0.2) is 23.9 Å². The Hall–Kier alpha value is -3.64. The van der Waals surface area contributed by atoms with Gasteiger partial charge in [-0.05, 0) is 54.6 Å². The van der Waals surface area contributed by atoms with Crippen molar-refractivity contribution in [3.8, 4) is 5.75 Å². The summed E-state index contributed by atoms with van der Waals surface area (Å²) in [6.07, 6.45) is 0. The molecule has 0 aliphatic carbocycles. The fourth-order valence-electron chi connectivity index (χ4n) is 3.65. The van der Waals surface area contributed by atoms with Gasteiger partial charge in [-0.25, -0.2) is 4.39 Å². The fourth-order valence-corrected chi connectivity index (χ4v) is 3.78. The van der Waals surface area contributed by atoms with Crippen LogP contribution in [0, 0.1) is 5.82 Å². The van der Waals surface area contributed by atoms with E-state index >= 15 is 0 Å². The van der Waals surface area contributed by atoms with Crippen molar-refractivity contribution in [1.82, 2.24) is 0 Å². The first-order valence-corrected chi connectivity index (χ1v) is 9.75. The minimum Gasteiger partial charge on any atom is -0.507 e. The number of carbonyl (C=O) groups is 2. The molecule has 7 heteroatoms. The van der Waals surface area contributed by atoms with Gasteiger partial charge in [0, 0.05) is 21.8 Å². The number of anilines is 1. The van der Waals surface area contributed by atoms with Crippen molar-refractivity contribution in [2.75, 3.05) is 12.0 Å². The molecule has 1 atom stereocenters. The molecule has 5 nitrogen and oxygen atoms in total. The molecule has 0 saturated carbocycles. The summed E-state index contributed by atoms with van der Waals surface area (Å²) < 4.78 is 18.9. The van der Waals surface area contributed by atoms with Gasteiger partial charge < -0.3 is 9.84 Å². The Labute approximate surface area is 182 Å². The summed E-state index contributed by atoms with van der Waals surface area (Å²) in [5.41, 5.74) is 1.06. The third kappa shape index (κ3) is 3.66. The zero-order valence-electron chi connectivity index (χ0n) is 16.4. The lowest BCUT2D eigenvalue weighted by Crippen LogP contribution is -2.29. The molecule has 1 aliphatic heterocycles. The van der Waals surface area contributed by atoms with E-state index < -0.39 is 23.5 Å². The number of ketones is 1. The van der Waals surface area contributed by atoms with Crippen molar-refractivity contribution in [2.24, 2.45) is 0 Å². The molecule has 1 amide bonds. The molecule has 1 fully saturated rings. The van der Waals surface area contributed by atoms with Crippen molar-refractivity contribution in [3.05, 3.63) is 100 Å². The summed E-state index contributed by atoms with van der Waals surface area (Å²) in [6, 6.07) is 17.4. The molecule has 1 heterocycles. The van der Waals surface area contributed by atoms with E-state index in [1.165, 1.54) is 36.3 Å². The van der Waals surface area contributed by atoms with Gasteiger partial charge in [-0.3, -0.25) is 14.5 Å². The van der Waals surface area contributed by atoms with Crippen LogP contribution in [0.2, 0.25) is 5.02 Å². The van der Waals surface area contributed by atoms with Gasteiger partial charge >= 0.3 is 0 Å². The predicted molar refractivity (Wildman–Crippen MR) is 116 cm³/mol. The van der Waals surface area contributed by atoms with E-state index in [0.29, 0.717) is 27.6 Å². The lowest BCUT2D eigenvalue weighted by atomic mass is 9.94. The number of methoxy groups -OCH3 is 1. The summed E-state index contributed by atoms with van der Waals surface area (Å²) in [7, 11) is 1.47. The molecular formula is C24H17ClFNO4. The molecule has 1 N–H and O–H groups in total. The van der Waals surface area contributed by atoms with Gasteiger partial charge in [0.15, 0.2) is 0 Å². The van der Waals surface area contributed by atoms with Crippen LogP contribution in [0.15, 0.2) is 78.4 Å². The minimum atomic E-state index is -0.975. The summed E-state index contributed by atoms with van der Waals surface area (Å²) in [5.74, 6) is -2.07. The molecule has 0 bridgehead atoms. The molecule has 0 radical (unpaired) electrons. The smallest absolute Gasteiger partial charge is 0.300 e. The second-order valence-electron chi connectivity index (χ2n) is 6.89. The maximum absolute atomic E-state index is 13.5. The van der Waals surface area contributed by atoms with Gasteiger partial charge in [0.05, 0.1) is 18.7 Å². The highest BCUT2D eigenvalue weighted by Crippen LogP contribution is 2.44. The number of para-hydroxylation sites is 1. The average molecular weight is 438 g/mol. The summed E-state index contributed by atoms with van der Waals surface area (Å²) in [4.78, 5) is 27.4. The maximum atomic E-state index is 13.5. The van der Waals surface area contributed by atoms with Crippen LogP contribution in [0.1, 0.15) is 17.2 Å². The van der Waals surface area contributed by atoms with Gasteiger partial charge in [-0.2, -0.15) is 0 Å². The second-order valence-corrected chi connectivity index (χ2v) is 7.33. The summed E-state index contributed by atoms with van der Waals surface area (Å²) in [5, 5.41) is 11.5. The average Bonchev–Trinajstić information content (AvgIpc) is 3.05. The fraction of sp³-hybridized carbons (Fsp3) is 0.0833. The molecule has 1 saturated heterocycles. The second kappa shape index (κ2) is 8.24. The molecule has 156 valence electrons. The van der Waals surface area contributed by atoms with E-state index in [1.807, 2.05) is 0 Å². The SMILES string of the molecule is COc1ccccc1C1/C(=C(/O)c2ccc(Cl)cc2)C(=O)C(=O)N1c1ccc(F)cc1. The number of rotatable bonds is 4. The molecule has 0 aromatic heterocycles. The molecule has 3 aromatic rings. The van der Waals surface area contributed by atoms with E-state index in [-0.39, 0.29) is 11.3 Å². The molecule has 1 aliphatic rings. The molecule has 1 unspecified atom stereocenters. The van der Waals surface area contributed by atoms with Crippen molar-refractivity contribution in [1.29, 1.82) is 0 Å². The van der Waals surface area contributed by atoms with Gasteiger partial charge in [0.1, 0.15) is 17.3 Å². The lowest BCUT2D eigenvalue weighted by Gasteiger charge is -2.26. The number of amides is 1. The first kappa shape index (κ1) is 20.6. The highest BCUT2D eigenvalue weighted by atomic mass is 35.5. The van der Waals surface area contributed by atoms with Crippen LogP contribution in [0.25, 0.3) is 5.76 Å². The number of halogens is 2. The first-order chi connectivity index (χ1) is 14.9. The summed E-state index contributed by atoms with van der Waals surface area (Å²) >= 11 is 5.93. The number of benzene rings is 3. The number of nitrogens with zero attached hydrogens (tertiary/aromatic N) is 1. The normalized spacial score (nSPS) is 17.8. The molecule has 0 spiro atoms. The van der Waals surface area contributed by atoms with Crippen LogP contribution in [-0.2, 0) is 9.59 Å². The number of aliphatic hydroxyl groups is 1. The number of hydrogen-bond donors (Lipinski definition) is 1. The van der Waals surface area contributed by atoms with E-state index in [0.717, 1.165) is 0 Å². The third-order valence-electron chi connectivity index (χ3n) is 5.10.